The van der Waals surface area contributed by atoms with Gasteiger partial charge >= 0.3 is 0 Å². The van der Waals surface area contributed by atoms with Crippen molar-refractivity contribution in [1.82, 2.24) is 9.99 Å². The minimum absolute atomic E-state index is 0.0416. The first-order valence-corrected chi connectivity index (χ1v) is 7.19. The lowest BCUT2D eigenvalue weighted by atomic mass is 10.0. The highest BCUT2D eigenvalue weighted by atomic mass is 19.1. The second-order valence-electron chi connectivity index (χ2n) is 5.58. The van der Waals surface area contributed by atoms with Crippen molar-refractivity contribution in [3.05, 3.63) is 29.8 Å². The molecule has 5 heteroatoms. The summed E-state index contributed by atoms with van der Waals surface area (Å²) in [5, 5.41) is 5.68. The first-order valence-electron chi connectivity index (χ1n) is 7.19. The Morgan fingerprint density at radius 3 is 2.90 bits per heavy atom. The van der Waals surface area contributed by atoms with Gasteiger partial charge in [0.15, 0.2) is 0 Å². The van der Waals surface area contributed by atoms with Crippen LogP contribution in [0.5, 0.6) is 0 Å². The van der Waals surface area contributed by atoms with Crippen LogP contribution < -0.4 is 0 Å². The predicted molar refractivity (Wildman–Crippen MR) is 73.5 cm³/mol. The first kappa shape index (κ1) is 13.2. The summed E-state index contributed by atoms with van der Waals surface area (Å²) in [5.74, 6) is 0.155. The van der Waals surface area contributed by atoms with Crippen LogP contribution in [0.15, 0.2) is 23.6 Å². The molecule has 0 radical (unpaired) electrons. The molecular weight excluding hydrogens is 257 g/mol. The topological polar surface area (TPSA) is 45.6 Å². The fraction of sp³-hybridized carbons (Fsp3) is 0.533. The fourth-order valence-corrected chi connectivity index (χ4v) is 3.10. The van der Waals surface area contributed by atoms with Crippen LogP contribution in [0.4, 0.5) is 4.39 Å². The summed E-state index contributed by atoms with van der Waals surface area (Å²) in [6, 6.07) is 1.23. The number of hydrogen-bond donors (Lipinski definition) is 0. The van der Waals surface area contributed by atoms with E-state index in [4.69, 9.17) is 0 Å². The number of aromatic nitrogens is 1. The summed E-state index contributed by atoms with van der Waals surface area (Å²) in [7, 11) is 0. The SMILES string of the molecule is O=C(CC1CCCC1)N1N=CCC1c1cncc(F)c1. The number of hydrazone groups is 1. The van der Waals surface area contributed by atoms with Crippen molar-refractivity contribution in [3.8, 4) is 0 Å². The highest BCUT2D eigenvalue weighted by Gasteiger charge is 2.30. The Kier molecular flexibility index (Phi) is 3.76. The number of nitrogens with zero attached hydrogens (tertiary/aromatic N) is 3. The zero-order chi connectivity index (χ0) is 13.9. The van der Waals surface area contributed by atoms with E-state index in [1.165, 1.54) is 30.1 Å². The quantitative estimate of drug-likeness (QED) is 0.851. The average Bonchev–Trinajstić information content (AvgIpc) is 3.09. The van der Waals surface area contributed by atoms with Crippen LogP contribution in [0.25, 0.3) is 0 Å². The number of carbonyl (C=O) groups excluding carboxylic acids is 1. The maximum Gasteiger partial charge on any atom is 0.243 e. The van der Waals surface area contributed by atoms with E-state index in [9.17, 15) is 9.18 Å². The van der Waals surface area contributed by atoms with E-state index in [1.54, 1.807) is 12.4 Å². The zero-order valence-electron chi connectivity index (χ0n) is 11.3. The van der Waals surface area contributed by atoms with E-state index in [2.05, 4.69) is 10.1 Å². The molecule has 1 amide bonds. The van der Waals surface area contributed by atoms with Crippen LogP contribution in [0.2, 0.25) is 0 Å². The maximum absolute atomic E-state index is 13.3. The van der Waals surface area contributed by atoms with Crippen LogP contribution in [-0.4, -0.2) is 22.1 Å². The Bertz CT molecular complexity index is 526. The Balaban J connectivity index is 1.71. The second-order valence-corrected chi connectivity index (χ2v) is 5.58. The molecule has 2 aliphatic rings. The van der Waals surface area contributed by atoms with E-state index in [1.807, 2.05) is 0 Å². The molecule has 4 nitrogen and oxygen atoms in total. The van der Waals surface area contributed by atoms with Gasteiger partial charge in [0.05, 0.1) is 12.2 Å². The number of pyridine rings is 1. The van der Waals surface area contributed by atoms with E-state index in [-0.39, 0.29) is 17.8 Å². The van der Waals surface area contributed by atoms with Gasteiger partial charge in [-0.2, -0.15) is 5.10 Å². The molecule has 0 bridgehead atoms. The molecule has 1 aliphatic heterocycles. The highest BCUT2D eigenvalue weighted by molar-refractivity contribution is 5.80. The minimum atomic E-state index is -0.377. The Labute approximate surface area is 117 Å². The van der Waals surface area contributed by atoms with Crippen molar-refractivity contribution in [2.24, 2.45) is 11.0 Å². The largest absolute Gasteiger partial charge is 0.273 e. The molecule has 20 heavy (non-hydrogen) atoms. The lowest BCUT2D eigenvalue weighted by molar-refractivity contribution is -0.134. The van der Waals surface area contributed by atoms with E-state index in [0.717, 1.165) is 12.8 Å². The summed E-state index contributed by atoms with van der Waals surface area (Å²) in [4.78, 5) is 16.2. The smallest absolute Gasteiger partial charge is 0.243 e. The van der Waals surface area contributed by atoms with Crippen molar-refractivity contribution in [2.75, 3.05) is 0 Å². The summed E-state index contributed by atoms with van der Waals surface area (Å²) in [5.41, 5.74) is 0.710. The maximum atomic E-state index is 13.3. The van der Waals surface area contributed by atoms with Crippen molar-refractivity contribution in [1.29, 1.82) is 0 Å². The third kappa shape index (κ3) is 2.71. The van der Waals surface area contributed by atoms with Gasteiger partial charge < -0.3 is 0 Å². The molecule has 1 fully saturated rings. The molecule has 1 atom stereocenters. The predicted octanol–water partition coefficient (Wildman–Crippen LogP) is 3.06. The van der Waals surface area contributed by atoms with E-state index < -0.39 is 0 Å². The van der Waals surface area contributed by atoms with Gasteiger partial charge in [-0.1, -0.05) is 12.8 Å². The van der Waals surface area contributed by atoms with Crippen molar-refractivity contribution >= 4 is 12.1 Å². The van der Waals surface area contributed by atoms with Gasteiger partial charge in [0, 0.05) is 25.3 Å². The molecule has 1 aromatic heterocycles. The highest BCUT2D eigenvalue weighted by Crippen LogP contribution is 2.32. The molecule has 1 saturated carbocycles. The molecule has 106 valence electrons. The lowest BCUT2D eigenvalue weighted by Crippen LogP contribution is -2.28. The van der Waals surface area contributed by atoms with Gasteiger partial charge in [-0.25, -0.2) is 9.40 Å². The number of carbonyl (C=O) groups is 1. The number of rotatable bonds is 3. The Hall–Kier alpha value is -1.78. The van der Waals surface area contributed by atoms with Gasteiger partial charge in [0.25, 0.3) is 0 Å². The zero-order valence-corrected chi connectivity index (χ0v) is 11.3. The van der Waals surface area contributed by atoms with Crippen LogP contribution >= 0.6 is 0 Å². The lowest BCUT2D eigenvalue weighted by Gasteiger charge is -2.23. The summed E-state index contributed by atoms with van der Waals surface area (Å²) < 4.78 is 13.3. The average molecular weight is 275 g/mol. The third-order valence-electron chi connectivity index (χ3n) is 4.13. The molecule has 1 unspecified atom stereocenters. The van der Waals surface area contributed by atoms with E-state index in [0.29, 0.717) is 24.3 Å². The van der Waals surface area contributed by atoms with Crippen LogP contribution in [0.3, 0.4) is 0 Å². The first-order chi connectivity index (χ1) is 9.74. The van der Waals surface area contributed by atoms with Gasteiger partial charge in [-0.05, 0) is 30.4 Å². The molecule has 1 aromatic rings. The summed E-state index contributed by atoms with van der Waals surface area (Å²) in [6.07, 6.45) is 10.4. The molecular formula is C15H18FN3O. The molecule has 0 spiro atoms. The van der Waals surface area contributed by atoms with Gasteiger partial charge in [0.2, 0.25) is 5.91 Å². The van der Waals surface area contributed by atoms with Crippen LogP contribution in [0.1, 0.15) is 50.1 Å². The van der Waals surface area contributed by atoms with Crippen molar-refractivity contribution in [2.45, 2.75) is 44.6 Å². The normalized spacial score (nSPS) is 22.6. The Morgan fingerprint density at radius 2 is 2.15 bits per heavy atom. The van der Waals surface area contributed by atoms with Crippen LogP contribution in [0, 0.1) is 11.7 Å². The van der Waals surface area contributed by atoms with E-state index >= 15 is 0 Å². The molecule has 0 N–H and O–H groups in total. The van der Waals surface area contributed by atoms with Crippen LogP contribution in [-0.2, 0) is 4.79 Å². The molecule has 2 heterocycles. The standard InChI is InChI=1S/C15H18FN3O/c16-13-8-12(9-17-10-13)14-5-6-18-19(14)15(20)7-11-3-1-2-4-11/h6,8-11,14H,1-5,7H2. The van der Waals surface area contributed by atoms with Crippen molar-refractivity contribution in [3.63, 3.8) is 0 Å². The number of hydrogen-bond acceptors (Lipinski definition) is 3. The number of halogens is 1. The van der Waals surface area contributed by atoms with Crippen molar-refractivity contribution < 1.29 is 9.18 Å². The minimum Gasteiger partial charge on any atom is -0.273 e. The van der Waals surface area contributed by atoms with Gasteiger partial charge in [-0.15, -0.1) is 0 Å². The number of amides is 1. The molecule has 0 saturated heterocycles. The molecule has 3 rings (SSSR count). The summed E-state index contributed by atoms with van der Waals surface area (Å²) >= 11 is 0. The Morgan fingerprint density at radius 1 is 1.35 bits per heavy atom. The monoisotopic (exact) mass is 275 g/mol. The van der Waals surface area contributed by atoms with Gasteiger partial charge in [0.1, 0.15) is 5.82 Å². The third-order valence-corrected chi connectivity index (χ3v) is 4.13. The fourth-order valence-electron chi connectivity index (χ4n) is 3.10. The molecule has 0 aromatic carbocycles. The molecule has 1 aliphatic carbocycles. The van der Waals surface area contributed by atoms with Gasteiger partial charge in [-0.3, -0.25) is 9.78 Å². The summed E-state index contributed by atoms with van der Waals surface area (Å²) in [6.45, 7) is 0. The second kappa shape index (κ2) is 5.69.